The Kier molecular flexibility index (Phi) is 6.22. The van der Waals surface area contributed by atoms with E-state index in [0.29, 0.717) is 19.4 Å². The number of hydrogen-bond acceptors (Lipinski definition) is 4. The molecule has 1 rings (SSSR count). The minimum atomic E-state index is -0.280. The van der Waals surface area contributed by atoms with Crippen LogP contribution in [0, 0.1) is 13.8 Å². The molecular weight excluding hydrogens is 256 g/mol. The fraction of sp³-hybridized carbons (Fsp3) is 0.500. The van der Waals surface area contributed by atoms with E-state index in [1.165, 1.54) is 7.11 Å². The Morgan fingerprint density at radius 2 is 1.70 bits per heavy atom. The maximum absolute atomic E-state index is 12.2. The average Bonchev–Trinajstić information content (AvgIpc) is 2.38. The highest BCUT2D eigenvalue weighted by atomic mass is 16.5. The lowest BCUT2D eigenvalue weighted by molar-refractivity contribution is -0.140. The molecule has 0 aromatic heterocycles. The number of aryl methyl sites for hydroxylation is 2. The number of carbonyl (C=O) groups excluding carboxylic acids is 2. The zero-order valence-electron chi connectivity index (χ0n) is 12.6. The molecule has 0 aliphatic rings. The number of ether oxygens (including phenoxy) is 2. The van der Waals surface area contributed by atoms with E-state index in [1.54, 1.807) is 0 Å². The lowest BCUT2D eigenvalue weighted by Crippen LogP contribution is -2.07. The van der Waals surface area contributed by atoms with Gasteiger partial charge < -0.3 is 9.47 Å². The predicted molar refractivity (Wildman–Crippen MR) is 77.3 cm³/mol. The van der Waals surface area contributed by atoms with E-state index in [-0.39, 0.29) is 18.2 Å². The highest BCUT2D eigenvalue weighted by molar-refractivity contribution is 5.99. The number of benzene rings is 1. The molecule has 0 heterocycles. The molecule has 0 aliphatic heterocycles. The molecule has 1 aromatic carbocycles. The number of hydrogen-bond donors (Lipinski definition) is 0. The van der Waals surface area contributed by atoms with Gasteiger partial charge in [0.05, 0.1) is 13.7 Å². The van der Waals surface area contributed by atoms with Gasteiger partial charge in [-0.25, -0.2) is 0 Å². The molecule has 4 heteroatoms. The van der Waals surface area contributed by atoms with E-state index in [4.69, 9.17) is 4.74 Å². The molecule has 0 N–H and O–H groups in total. The van der Waals surface area contributed by atoms with Crippen molar-refractivity contribution in [2.24, 2.45) is 0 Å². The number of esters is 1. The zero-order valence-corrected chi connectivity index (χ0v) is 12.6. The first-order valence-corrected chi connectivity index (χ1v) is 6.83. The van der Waals surface area contributed by atoms with E-state index < -0.39 is 0 Å². The molecule has 110 valence electrons. The standard InChI is InChI=1S/C16H22O4/c1-5-20-13-9-11(2)16(12(3)10-13)14(17)7-6-8-15(18)19-4/h9-10H,5-8H2,1-4H3. The molecule has 4 nitrogen and oxygen atoms in total. The summed E-state index contributed by atoms with van der Waals surface area (Å²) in [6.45, 7) is 6.34. The molecule has 0 saturated carbocycles. The third-order valence-corrected chi connectivity index (χ3v) is 3.11. The molecule has 0 atom stereocenters. The van der Waals surface area contributed by atoms with Gasteiger partial charge in [0.1, 0.15) is 5.75 Å². The van der Waals surface area contributed by atoms with Crippen molar-refractivity contribution < 1.29 is 19.1 Å². The van der Waals surface area contributed by atoms with Crippen molar-refractivity contribution in [2.45, 2.75) is 40.0 Å². The first-order valence-electron chi connectivity index (χ1n) is 6.83. The second-order valence-electron chi connectivity index (χ2n) is 4.72. The van der Waals surface area contributed by atoms with Crippen LogP contribution in [0.15, 0.2) is 12.1 Å². The Hall–Kier alpha value is -1.84. The first-order chi connectivity index (χ1) is 9.49. The number of ketones is 1. The molecule has 0 saturated heterocycles. The molecule has 0 spiro atoms. The monoisotopic (exact) mass is 278 g/mol. The summed E-state index contributed by atoms with van der Waals surface area (Å²) in [7, 11) is 1.35. The smallest absolute Gasteiger partial charge is 0.305 e. The lowest BCUT2D eigenvalue weighted by Gasteiger charge is -2.12. The van der Waals surface area contributed by atoms with Gasteiger partial charge in [0.25, 0.3) is 0 Å². The van der Waals surface area contributed by atoms with Crippen LogP contribution in [0.1, 0.15) is 47.7 Å². The topological polar surface area (TPSA) is 52.6 Å². The van der Waals surface area contributed by atoms with Crippen LogP contribution in [0.5, 0.6) is 5.75 Å². The summed E-state index contributed by atoms with van der Waals surface area (Å²) in [5.41, 5.74) is 2.56. The molecule has 20 heavy (non-hydrogen) atoms. The van der Waals surface area contributed by atoms with E-state index in [0.717, 1.165) is 22.4 Å². The quantitative estimate of drug-likeness (QED) is 0.567. The SMILES string of the molecule is CCOc1cc(C)c(C(=O)CCCC(=O)OC)c(C)c1. The Morgan fingerprint density at radius 1 is 1.10 bits per heavy atom. The van der Waals surface area contributed by atoms with Gasteiger partial charge in [0.2, 0.25) is 0 Å². The summed E-state index contributed by atoms with van der Waals surface area (Å²) in [4.78, 5) is 23.3. The van der Waals surface area contributed by atoms with Crippen LogP contribution < -0.4 is 4.74 Å². The van der Waals surface area contributed by atoms with Crippen LogP contribution in [0.25, 0.3) is 0 Å². The predicted octanol–water partition coefficient (Wildman–Crippen LogP) is 3.23. The third kappa shape index (κ3) is 4.37. The first kappa shape index (κ1) is 16.2. The van der Waals surface area contributed by atoms with Gasteiger partial charge in [-0.2, -0.15) is 0 Å². The van der Waals surface area contributed by atoms with Gasteiger partial charge in [0, 0.05) is 18.4 Å². The molecule has 0 bridgehead atoms. The molecule has 0 aliphatic carbocycles. The maximum atomic E-state index is 12.2. The largest absolute Gasteiger partial charge is 0.494 e. The van der Waals surface area contributed by atoms with Crippen molar-refractivity contribution in [3.05, 3.63) is 28.8 Å². The van der Waals surface area contributed by atoms with E-state index in [9.17, 15) is 9.59 Å². The van der Waals surface area contributed by atoms with Gasteiger partial charge >= 0.3 is 5.97 Å². The average molecular weight is 278 g/mol. The summed E-state index contributed by atoms with van der Waals surface area (Å²) in [5.74, 6) is 0.568. The Morgan fingerprint density at radius 3 is 2.20 bits per heavy atom. The van der Waals surface area contributed by atoms with Crippen molar-refractivity contribution in [3.8, 4) is 5.75 Å². The van der Waals surface area contributed by atoms with Crippen molar-refractivity contribution in [1.29, 1.82) is 0 Å². The van der Waals surface area contributed by atoms with Crippen molar-refractivity contribution in [3.63, 3.8) is 0 Å². The number of rotatable bonds is 7. The minimum Gasteiger partial charge on any atom is -0.494 e. The fourth-order valence-corrected chi connectivity index (χ4v) is 2.23. The molecular formula is C16H22O4. The maximum Gasteiger partial charge on any atom is 0.305 e. The third-order valence-electron chi connectivity index (χ3n) is 3.11. The van der Waals surface area contributed by atoms with Crippen molar-refractivity contribution in [1.82, 2.24) is 0 Å². The molecule has 0 amide bonds. The second kappa shape index (κ2) is 7.68. The molecule has 1 aromatic rings. The second-order valence-corrected chi connectivity index (χ2v) is 4.72. The van der Waals surface area contributed by atoms with Crippen LogP contribution in [0.4, 0.5) is 0 Å². The Labute approximate surface area is 120 Å². The van der Waals surface area contributed by atoms with E-state index >= 15 is 0 Å². The van der Waals surface area contributed by atoms with Crippen LogP contribution >= 0.6 is 0 Å². The zero-order chi connectivity index (χ0) is 15.1. The minimum absolute atomic E-state index is 0.0620. The number of carbonyl (C=O) groups is 2. The van der Waals surface area contributed by atoms with Crippen LogP contribution in [-0.2, 0) is 9.53 Å². The fourth-order valence-electron chi connectivity index (χ4n) is 2.23. The van der Waals surface area contributed by atoms with E-state index in [2.05, 4.69) is 4.74 Å². The van der Waals surface area contributed by atoms with Gasteiger partial charge in [-0.3, -0.25) is 9.59 Å². The van der Waals surface area contributed by atoms with Crippen LogP contribution in [0.2, 0.25) is 0 Å². The van der Waals surface area contributed by atoms with Crippen LogP contribution in [0.3, 0.4) is 0 Å². The van der Waals surface area contributed by atoms with Crippen molar-refractivity contribution >= 4 is 11.8 Å². The summed E-state index contributed by atoms with van der Waals surface area (Å²) >= 11 is 0. The number of Topliss-reactive ketones (excluding diaryl/α,β-unsaturated/α-hetero) is 1. The van der Waals surface area contributed by atoms with Gasteiger partial charge in [-0.1, -0.05) is 0 Å². The molecule has 0 unspecified atom stereocenters. The van der Waals surface area contributed by atoms with Gasteiger partial charge in [-0.05, 0) is 50.5 Å². The summed E-state index contributed by atoms with van der Waals surface area (Å²) in [6.07, 6.45) is 1.14. The summed E-state index contributed by atoms with van der Waals surface area (Å²) in [5, 5.41) is 0. The molecule has 0 radical (unpaired) electrons. The van der Waals surface area contributed by atoms with Gasteiger partial charge in [-0.15, -0.1) is 0 Å². The normalized spacial score (nSPS) is 10.2. The number of methoxy groups -OCH3 is 1. The Balaban J connectivity index is 2.75. The van der Waals surface area contributed by atoms with Crippen LogP contribution in [-0.4, -0.2) is 25.5 Å². The summed E-state index contributed by atoms with van der Waals surface area (Å²) in [6, 6.07) is 3.76. The lowest BCUT2D eigenvalue weighted by atomic mass is 9.96. The van der Waals surface area contributed by atoms with E-state index in [1.807, 2.05) is 32.9 Å². The van der Waals surface area contributed by atoms with Gasteiger partial charge in [0.15, 0.2) is 5.78 Å². The Bertz CT molecular complexity index is 468. The molecule has 0 fully saturated rings. The highest BCUT2D eigenvalue weighted by Crippen LogP contribution is 2.23. The summed E-state index contributed by atoms with van der Waals surface area (Å²) < 4.78 is 10.0. The van der Waals surface area contributed by atoms with Crippen molar-refractivity contribution in [2.75, 3.05) is 13.7 Å². The highest BCUT2D eigenvalue weighted by Gasteiger charge is 2.14.